The summed E-state index contributed by atoms with van der Waals surface area (Å²) in [5.41, 5.74) is 6.47. The Labute approximate surface area is 208 Å². The minimum atomic E-state index is -2.61. The Morgan fingerprint density at radius 2 is 1.09 bits per heavy atom. The van der Waals surface area contributed by atoms with E-state index in [0.29, 0.717) is 23.3 Å². The molecule has 1 aliphatic heterocycles. The van der Waals surface area contributed by atoms with Crippen LogP contribution in [0.2, 0.25) is 0 Å². The summed E-state index contributed by atoms with van der Waals surface area (Å²) in [6, 6.07) is 8.93. The molecule has 1 aliphatic rings. The first-order chi connectivity index (χ1) is 15.6. The van der Waals surface area contributed by atoms with Gasteiger partial charge in [-0.25, -0.2) is 0 Å². The summed E-state index contributed by atoms with van der Waals surface area (Å²) in [6.45, 7) is 24.2. The number of rotatable bonds is 4. The predicted molar refractivity (Wildman–Crippen MR) is 144 cm³/mol. The number of benzene rings is 2. The van der Waals surface area contributed by atoms with Gasteiger partial charge in [-0.2, -0.15) is 0 Å². The highest BCUT2D eigenvalue weighted by molar-refractivity contribution is 7.42. The Morgan fingerprint density at radius 3 is 1.38 bits per heavy atom. The maximum atomic E-state index is 15.5. The first kappa shape index (κ1) is 27.0. The van der Waals surface area contributed by atoms with Crippen molar-refractivity contribution in [1.29, 1.82) is 0 Å². The highest BCUT2D eigenvalue weighted by Crippen LogP contribution is 2.55. The van der Waals surface area contributed by atoms with E-state index in [1.807, 2.05) is 0 Å². The Kier molecular flexibility index (Phi) is 7.79. The monoisotopic (exact) mass is 486 g/mol. The van der Waals surface area contributed by atoms with Crippen LogP contribution in [-0.2, 0) is 23.7 Å². The van der Waals surface area contributed by atoms with E-state index in [1.54, 1.807) is 0 Å². The van der Waals surface area contributed by atoms with Crippen molar-refractivity contribution in [2.45, 2.75) is 106 Å². The lowest BCUT2D eigenvalue weighted by atomic mass is 9.77. The topological polar surface area (TPSA) is 18.5 Å². The van der Waals surface area contributed by atoms with Crippen molar-refractivity contribution in [3.05, 3.63) is 57.6 Å². The fraction of sp³-hybridized carbons (Fsp3) is 0.600. The molecule has 0 N–H and O–H groups in total. The Morgan fingerprint density at radius 1 is 0.735 bits per heavy atom. The second-order valence-electron chi connectivity index (χ2n) is 12.9. The lowest BCUT2D eigenvalue weighted by Crippen LogP contribution is -2.20. The van der Waals surface area contributed by atoms with Crippen LogP contribution in [0.1, 0.15) is 115 Å². The molecule has 0 saturated carbocycles. The molecule has 0 radical (unpaired) electrons. The first-order valence-electron chi connectivity index (χ1n) is 12.7. The van der Waals surface area contributed by atoms with Gasteiger partial charge in [-0.15, -0.1) is 4.20 Å². The molecule has 1 heterocycles. The molecule has 0 spiro atoms. The van der Waals surface area contributed by atoms with E-state index in [2.05, 4.69) is 100 Å². The maximum absolute atomic E-state index is 15.5. The smallest absolute Gasteiger partial charge is 0.414 e. The fourth-order valence-electron chi connectivity index (χ4n) is 4.90. The fourth-order valence-corrected chi connectivity index (χ4v) is 5.63. The minimum absolute atomic E-state index is 0.0233. The Balaban J connectivity index is 2.34. The van der Waals surface area contributed by atoms with Crippen molar-refractivity contribution >= 4 is 8.69 Å². The molecular formula is C30H44FO2P. The van der Waals surface area contributed by atoms with Crippen LogP contribution >= 0.6 is 8.69 Å². The molecule has 2 nitrogen and oxygen atoms in total. The van der Waals surface area contributed by atoms with Gasteiger partial charge in [0, 0.05) is 28.2 Å². The van der Waals surface area contributed by atoms with Crippen molar-refractivity contribution in [1.82, 2.24) is 0 Å². The third-order valence-corrected chi connectivity index (χ3v) is 7.17. The molecule has 0 aliphatic carbocycles. The molecule has 4 heteroatoms. The van der Waals surface area contributed by atoms with Crippen molar-refractivity contribution in [3.63, 3.8) is 0 Å². The van der Waals surface area contributed by atoms with Gasteiger partial charge in [-0.3, -0.25) is 0 Å². The van der Waals surface area contributed by atoms with E-state index in [9.17, 15) is 0 Å². The molecule has 0 aromatic heterocycles. The minimum Gasteiger partial charge on any atom is -0.414 e. The third-order valence-electron chi connectivity index (χ3n) is 6.52. The van der Waals surface area contributed by atoms with E-state index in [0.717, 1.165) is 35.1 Å². The van der Waals surface area contributed by atoms with Crippen LogP contribution in [0.4, 0.5) is 4.20 Å². The van der Waals surface area contributed by atoms with Gasteiger partial charge in [0.1, 0.15) is 11.5 Å². The average Bonchev–Trinajstić information content (AvgIpc) is 2.65. The summed E-state index contributed by atoms with van der Waals surface area (Å²) in [7, 11) is -2.61. The van der Waals surface area contributed by atoms with Crippen LogP contribution in [0.5, 0.6) is 11.5 Å². The van der Waals surface area contributed by atoms with Gasteiger partial charge < -0.3 is 9.05 Å². The zero-order valence-electron chi connectivity index (χ0n) is 23.1. The van der Waals surface area contributed by atoms with Crippen LogP contribution in [0, 0.1) is 11.8 Å². The second kappa shape index (κ2) is 9.81. The molecule has 3 rings (SSSR count). The molecular weight excluding hydrogens is 442 g/mol. The van der Waals surface area contributed by atoms with E-state index < -0.39 is 8.69 Å². The van der Waals surface area contributed by atoms with Crippen molar-refractivity contribution < 1.29 is 13.2 Å². The van der Waals surface area contributed by atoms with Gasteiger partial charge in [0.15, 0.2) is 0 Å². The van der Waals surface area contributed by atoms with E-state index in [-0.39, 0.29) is 16.7 Å². The first-order valence-corrected chi connectivity index (χ1v) is 13.8. The maximum Gasteiger partial charge on any atom is 0.505 e. The molecule has 0 unspecified atom stereocenters. The van der Waals surface area contributed by atoms with Gasteiger partial charge >= 0.3 is 8.69 Å². The normalized spacial score (nSPS) is 18.6. The third kappa shape index (κ3) is 5.96. The SMILES string of the molecule is CC(C)Cc1cc2c(c(C(C)(C)C)c1)OP(F)Oc1c(cc(CC(C)C)cc1C(C)(C)C)C2C. The summed E-state index contributed by atoms with van der Waals surface area (Å²) in [6.07, 6.45) is 1.97. The summed E-state index contributed by atoms with van der Waals surface area (Å²) in [4.78, 5) is 0. The highest BCUT2D eigenvalue weighted by Gasteiger charge is 2.35. The highest BCUT2D eigenvalue weighted by atomic mass is 31.2. The summed E-state index contributed by atoms with van der Waals surface area (Å²) in [5, 5.41) is 0. The lowest BCUT2D eigenvalue weighted by molar-refractivity contribution is 0.406. The lowest BCUT2D eigenvalue weighted by Gasteiger charge is -2.33. The van der Waals surface area contributed by atoms with Gasteiger partial charge in [-0.05, 0) is 46.6 Å². The molecule has 34 heavy (non-hydrogen) atoms. The Bertz CT molecular complexity index is 946. The van der Waals surface area contributed by atoms with Crippen LogP contribution < -0.4 is 9.05 Å². The molecule has 0 fully saturated rings. The number of hydrogen-bond donors (Lipinski definition) is 0. The quantitative estimate of drug-likeness (QED) is 0.400. The standard InChI is InChI=1S/C30H44FO2P/c1-18(2)12-21-14-23-20(5)24-15-22(13-19(3)4)17-26(30(9,10)11)28(24)33-34(31)32-27(23)25(16-21)29(6,7)8/h14-20H,12-13H2,1-11H3. The zero-order chi connectivity index (χ0) is 25.6. The molecule has 0 atom stereocenters. The Hall–Kier alpha value is -1.60. The van der Waals surface area contributed by atoms with Gasteiger partial charge in [-0.1, -0.05) is 100 Å². The molecule has 188 valence electrons. The average molecular weight is 487 g/mol. The van der Waals surface area contributed by atoms with Crippen LogP contribution in [0.3, 0.4) is 0 Å². The molecule has 0 amide bonds. The second-order valence-corrected chi connectivity index (χ2v) is 13.7. The summed E-state index contributed by atoms with van der Waals surface area (Å²) in [5.74, 6) is 2.43. The van der Waals surface area contributed by atoms with E-state index in [1.165, 1.54) is 11.1 Å². The van der Waals surface area contributed by atoms with E-state index in [4.69, 9.17) is 9.05 Å². The van der Waals surface area contributed by atoms with Gasteiger partial charge in [0.05, 0.1) is 0 Å². The number of hydrogen-bond acceptors (Lipinski definition) is 2. The van der Waals surface area contributed by atoms with E-state index >= 15 is 4.20 Å². The summed E-state index contributed by atoms with van der Waals surface area (Å²) >= 11 is 0. The predicted octanol–water partition coefficient (Wildman–Crippen LogP) is 9.80. The number of fused-ring (bicyclic) bond motifs is 2. The molecule has 2 aromatic rings. The van der Waals surface area contributed by atoms with Crippen molar-refractivity contribution in [2.24, 2.45) is 11.8 Å². The van der Waals surface area contributed by atoms with Gasteiger partial charge in [0.2, 0.25) is 0 Å². The largest absolute Gasteiger partial charge is 0.505 e. The van der Waals surface area contributed by atoms with Crippen molar-refractivity contribution in [2.75, 3.05) is 0 Å². The molecule has 0 saturated heterocycles. The van der Waals surface area contributed by atoms with Crippen LogP contribution in [-0.4, -0.2) is 0 Å². The van der Waals surface area contributed by atoms with Crippen LogP contribution in [0.15, 0.2) is 24.3 Å². The number of halogens is 1. The van der Waals surface area contributed by atoms with Crippen molar-refractivity contribution in [3.8, 4) is 11.5 Å². The molecule has 0 bridgehead atoms. The van der Waals surface area contributed by atoms with Crippen LogP contribution in [0.25, 0.3) is 0 Å². The zero-order valence-corrected chi connectivity index (χ0v) is 24.0. The van der Waals surface area contributed by atoms with Gasteiger partial charge in [0.25, 0.3) is 0 Å². The summed E-state index contributed by atoms with van der Waals surface area (Å²) < 4.78 is 27.5. The molecule has 2 aromatic carbocycles.